The lowest BCUT2D eigenvalue weighted by molar-refractivity contribution is 0.416. The number of alkyl halides is 1. The van der Waals surface area contributed by atoms with Gasteiger partial charge >= 0.3 is 0 Å². The lowest BCUT2D eigenvalue weighted by Crippen LogP contribution is -2.11. The summed E-state index contributed by atoms with van der Waals surface area (Å²) in [4.78, 5) is 0. The van der Waals surface area contributed by atoms with Crippen LogP contribution in [0.4, 0.5) is 13.2 Å². The minimum atomic E-state index is -1.13. The van der Waals surface area contributed by atoms with Crippen molar-refractivity contribution < 1.29 is 13.2 Å². The highest BCUT2D eigenvalue weighted by atomic mass is 19.1. The molecular formula is C20H20F3. The zero-order valence-electron chi connectivity index (χ0n) is 13.2. The van der Waals surface area contributed by atoms with Crippen molar-refractivity contribution in [2.75, 3.05) is 0 Å². The summed E-state index contributed by atoms with van der Waals surface area (Å²) in [5.41, 5.74) is 1.88. The summed E-state index contributed by atoms with van der Waals surface area (Å²) in [6.07, 6.45) is 4.68. The van der Waals surface area contributed by atoms with Gasteiger partial charge in [0.1, 0.15) is 18.3 Å². The summed E-state index contributed by atoms with van der Waals surface area (Å²) in [6, 6.07) is 10.2. The van der Waals surface area contributed by atoms with E-state index in [-0.39, 0.29) is 0 Å². The topological polar surface area (TPSA) is 0 Å². The van der Waals surface area contributed by atoms with Gasteiger partial charge in [-0.25, -0.2) is 13.2 Å². The summed E-state index contributed by atoms with van der Waals surface area (Å²) in [5.74, 6) is 0.585. The Bertz CT molecular complexity index is 645. The fourth-order valence-corrected chi connectivity index (χ4v) is 3.20. The predicted octanol–water partition coefficient (Wildman–Crippen LogP) is 6.23. The summed E-state index contributed by atoms with van der Waals surface area (Å²) in [7, 11) is 0. The molecule has 2 aromatic rings. The fraction of sp³-hybridized carbons (Fsp3) is 0.350. The van der Waals surface area contributed by atoms with Crippen molar-refractivity contribution >= 4 is 0 Å². The number of rotatable bonds is 3. The number of hydrogen-bond acceptors (Lipinski definition) is 0. The highest BCUT2D eigenvalue weighted by molar-refractivity contribution is 5.65. The van der Waals surface area contributed by atoms with Gasteiger partial charge in [0.15, 0.2) is 0 Å². The highest BCUT2D eigenvalue weighted by Gasteiger charge is 2.20. The lowest BCUT2D eigenvalue weighted by Gasteiger charge is -2.26. The van der Waals surface area contributed by atoms with E-state index >= 15 is 0 Å². The third-order valence-corrected chi connectivity index (χ3v) is 4.78. The first-order valence-corrected chi connectivity index (χ1v) is 8.08. The van der Waals surface area contributed by atoms with Crippen molar-refractivity contribution in [1.82, 2.24) is 0 Å². The van der Waals surface area contributed by atoms with Crippen LogP contribution in [0.1, 0.15) is 43.7 Å². The molecule has 2 aromatic carbocycles. The monoisotopic (exact) mass is 317 g/mol. The van der Waals surface area contributed by atoms with Crippen LogP contribution in [0.2, 0.25) is 0 Å². The number of halogens is 3. The summed E-state index contributed by atoms with van der Waals surface area (Å²) in [5, 5.41) is 0. The molecule has 1 fully saturated rings. The van der Waals surface area contributed by atoms with Crippen LogP contribution < -0.4 is 0 Å². The SMILES string of the molecule is CC1CC[C](c2ccc(-c3cc(F)c(CF)c(F)c3)cc2)CC1. The predicted molar refractivity (Wildman–Crippen MR) is 86.6 cm³/mol. The van der Waals surface area contributed by atoms with E-state index in [0.29, 0.717) is 5.56 Å². The fourth-order valence-electron chi connectivity index (χ4n) is 3.20. The van der Waals surface area contributed by atoms with Gasteiger partial charge in [-0.2, -0.15) is 0 Å². The minimum Gasteiger partial charge on any atom is -0.246 e. The minimum absolute atomic E-state index is 0.436. The molecule has 0 saturated heterocycles. The van der Waals surface area contributed by atoms with E-state index in [1.165, 1.54) is 36.5 Å². The molecule has 1 radical (unpaired) electrons. The molecule has 0 unspecified atom stereocenters. The van der Waals surface area contributed by atoms with Crippen LogP contribution in [0.25, 0.3) is 11.1 Å². The average molecular weight is 317 g/mol. The van der Waals surface area contributed by atoms with Crippen LogP contribution in [0.5, 0.6) is 0 Å². The van der Waals surface area contributed by atoms with Crippen molar-refractivity contribution in [2.45, 2.75) is 39.3 Å². The van der Waals surface area contributed by atoms with E-state index in [1.54, 1.807) is 0 Å². The van der Waals surface area contributed by atoms with Gasteiger partial charge < -0.3 is 0 Å². The van der Waals surface area contributed by atoms with Crippen LogP contribution in [0.3, 0.4) is 0 Å². The van der Waals surface area contributed by atoms with Crippen LogP contribution in [0, 0.1) is 23.5 Å². The van der Waals surface area contributed by atoms with E-state index in [1.807, 2.05) is 24.3 Å². The third-order valence-electron chi connectivity index (χ3n) is 4.78. The van der Waals surface area contributed by atoms with Gasteiger partial charge in [-0.1, -0.05) is 31.2 Å². The van der Waals surface area contributed by atoms with Gasteiger partial charge in [-0.3, -0.25) is 0 Å². The molecule has 0 amide bonds. The first-order valence-electron chi connectivity index (χ1n) is 8.08. The van der Waals surface area contributed by atoms with Gasteiger partial charge in [-0.15, -0.1) is 0 Å². The molecule has 121 valence electrons. The highest BCUT2D eigenvalue weighted by Crippen LogP contribution is 2.35. The first kappa shape index (κ1) is 16.1. The van der Waals surface area contributed by atoms with Crippen molar-refractivity contribution in [3.8, 4) is 11.1 Å². The molecule has 0 heterocycles. The second-order valence-electron chi connectivity index (χ2n) is 6.42. The third kappa shape index (κ3) is 3.44. The van der Waals surface area contributed by atoms with E-state index in [2.05, 4.69) is 6.92 Å². The smallest absolute Gasteiger partial charge is 0.132 e. The molecule has 0 aromatic heterocycles. The Morgan fingerprint density at radius 1 is 0.870 bits per heavy atom. The number of hydrogen-bond donors (Lipinski definition) is 0. The Morgan fingerprint density at radius 2 is 1.39 bits per heavy atom. The molecular weight excluding hydrogens is 297 g/mol. The summed E-state index contributed by atoms with van der Waals surface area (Å²) in [6.45, 7) is 1.15. The van der Waals surface area contributed by atoms with Gasteiger partial charge in [0.2, 0.25) is 0 Å². The van der Waals surface area contributed by atoms with Crippen molar-refractivity contribution in [2.24, 2.45) is 5.92 Å². The average Bonchev–Trinajstić information content (AvgIpc) is 2.55. The number of benzene rings is 2. The van der Waals surface area contributed by atoms with E-state index < -0.39 is 23.9 Å². The Hall–Kier alpha value is -1.77. The Labute approximate surface area is 135 Å². The molecule has 0 nitrogen and oxygen atoms in total. The van der Waals surface area contributed by atoms with Gasteiger partial charge in [0.25, 0.3) is 0 Å². The van der Waals surface area contributed by atoms with E-state index in [4.69, 9.17) is 0 Å². The maximum atomic E-state index is 13.7. The Balaban J connectivity index is 1.82. The van der Waals surface area contributed by atoms with Crippen molar-refractivity contribution in [1.29, 1.82) is 0 Å². The maximum Gasteiger partial charge on any atom is 0.132 e. The van der Waals surface area contributed by atoms with Gasteiger partial charge in [0, 0.05) is 5.92 Å². The van der Waals surface area contributed by atoms with Gasteiger partial charge in [0.05, 0.1) is 5.56 Å². The lowest BCUT2D eigenvalue weighted by atomic mass is 9.79. The van der Waals surface area contributed by atoms with E-state index in [9.17, 15) is 13.2 Å². The molecule has 3 heteroatoms. The molecule has 1 saturated carbocycles. The van der Waals surface area contributed by atoms with Crippen LogP contribution in [-0.2, 0) is 6.67 Å². The molecule has 0 atom stereocenters. The van der Waals surface area contributed by atoms with Gasteiger partial charge in [-0.05, 0) is 60.4 Å². The van der Waals surface area contributed by atoms with Crippen molar-refractivity contribution in [3.63, 3.8) is 0 Å². The Morgan fingerprint density at radius 3 is 1.91 bits per heavy atom. The second kappa shape index (κ2) is 6.77. The molecule has 0 bridgehead atoms. The molecule has 0 spiro atoms. The summed E-state index contributed by atoms with van der Waals surface area (Å²) >= 11 is 0. The standard InChI is InChI=1S/C20H20F3/c1-13-2-4-14(5-3-13)15-6-8-16(9-7-15)17-10-19(22)18(12-21)20(23)11-17/h6-11,13H,2-5,12H2,1H3. The normalized spacial score (nSPS) is 16.7. The van der Waals surface area contributed by atoms with Crippen LogP contribution in [0.15, 0.2) is 36.4 Å². The molecule has 3 rings (SSSR count). The second-order valence-corrected chi connectivity index (χ2v) is 6.42. The van der Waals surface area contributed by atoms with Crippen LogP contribution >= 0.6 is 0 Å². The molecule has 0 N–H and O–H groups in total. The van der Waals surface area contributed by atoms with Crippen molar-refractivity contribution in [3.05, 3.63) is 65.1 Å². The molecule has 0 aliphatic heterocycles. The quantitative estimate of drug-likeness (QED) is 0.629. The zero-order chi connectivity index (χ0) is 16.4. The van der Waals surface area contributed by atoms with Crippen LogP contribution in [-0.4, -0.2) is 0 Å². The Kier molecular flexibility index (Phi) is 4.74. The molecule has 23 heavy (non-hydrogen) atoms. The first-order chi connectivity index (χ1) is 11.1. The van der Waals surface area contributed by atoms with E-state index in [0.717, 1.165) is 24.3 Å². The summed E-state index contributed by atoms with van der Waals surface area (Å²) < 4.78 is 40.0. The largest absolute Gasteiger partial charge is 0.246 e. The maximum absolute atomic E-state index is 13.7. The molecule has 1 aliphatic rings. The zero-order valence-corrected chi connectivity index (χ0v) is 13.2. The molecule has 1 aliphatic carbocycles.